The smallest absolute Gasteiger partial charge is 0.162 e. The molecule has 0 atom stereocenters. The fraction of sp³-hybridized carbons (Fsp3) is 0.632. The van der Waals surface area contributed by atoms with Gasteiger partial charge in [0.05, 0.1) is 0 Å². The number of Topliss-reactive ketones (excluding diaryl/α,β-unsaturated/α-hetero) is 1. The van der Waals surface area contributed by atoms with Gasteiger partial charge in [0.1, 0.15) is 0 Å². The molecule has 1 aromatic rings. The van der Waals surface area contributed by atoms with E-state index in [2.05, 4.69) is 6.92 Å². The van der Waals surface area contributed by atoms with Crippen molar-refractivity contribution >= 4 is 17.4 Å². The van der Waals surface area contributed by atoms with Crippen LogP contribution in [0.25, 0.3) is 0 Å². The van der Waals surface area contributed by atoms with Crippen molar-refractivity contribution in [3.63, 3.8) is 0 Å². The Balaban J connectivity index is 2.09. The van der Waals surface area contributed by atoms with Crippen LogP contribution in [0.5, 0.6) is 0 Å². The van der Waals surface area contributed by atoms with Gasteiger partial charge in [-0.05, 0) is 25.0 Å². The molecule has 0 amide bonds. The second-order valence-corrected chi connectivity index (χ2v) is 6.37. The fourth-order valence-corrected chi connectivity index (χ4v) is 2.69. The summed E-state index contributed by atoms with van der Waals surface area (Å²) in [5.74, 6) is 0.222. The van der Waals surface area contributed by atoms with Crippen LogP contribution in [-0.2, 0) is 0 Å². The molecule has 0 N–H and O–H groups in total. The monoisotopic (exact) mass is 308 g/mol. The number of benzene rings is 1. The minimum absolute atomic E-state index is 0.222. The first-order chi connectivity index (χ1) is 10.1. The summed E-state index contributed by atoms with van der Waals surface area (Å²) in [4.78, 5) is 12.1. The molecule has 0 unspecified atom stereocenters. The number of hydrogen-bond acceptors (Lipinski definition) is 1. The number of carbonyl (C=O) groups is 1. The zero-order chi connectivity index (χ0) is 15.5. The number of unbranched alkanes of at least 4 members (excludes halogenated alkanes) is 8. The average molecular weight is 309 g/mol. The molecular formula is C19H29ClO. The van der Waals surface area contributed by atoms with Gasteiger partial charge < -0.3 is 0 Å². The molecule has 0 saturated carbocycles. The summed E-state index contributed by atoms with van der Waals surface area (Å²) in [5, 5.41) is 0.688. The molecule has 21 heavy (non-hydrogen) atoms. The third-order valence-corrected chi connectivity index (χ3v) is 4.41. The van der Waals surface area contributed by atoms with E-state index in [9.17, 15) is 4.79 Å². The minimum atomic E-state index is 0.222. The molecule has 0 saturated heterocycles. The van der Waals surface area contributed by atoms with Crippen LogP contribution in [0.2, 0.25) is 5.02 Å². The van der Waals surface area contributed by atoms with Crippen LogP contribution in [0, 0.1) is 6.92 Å². The van der Waals surface area contributed by atoms with Crippen molar-refractivity contribution in [3.8, 4) is 0 Å². The van der Waals surface area contributed by atoms with E-state index in [0.717, 1.165) is 17.5 Å². The molecule has 1 rings (SSSR count). The molecule has 0 radical (unpaired) electrons. The van der Waals surface area contributed by atoms with Crippen LogP contribution >= 0.6 is 11.6 Å². The standard InChI is InChI=1S/C19H29ClO/c1-3-4-5-6-7-8-9-10-11-12-19(21)17-14-13-16(2)18(20)15-17/h13-15H,3-12H2,1-2H3. The minimum Gasteiger partial charge on any atom is -0.294 e. The van der Waals surface area contributed by atoms with Gasteiger partial charge in [0.2, 0.25) is 0 Å². The SMILES string of the molecule is CCCCCCCCCCCC(=O)c1ccc(C)c(Cl)c1. The molecule has 0 heterocycles. The molecule has 0 spiro atoms. The number of rotatable bonds is 11. The lowest BCUT2D eigenvalue weighted by Gasteiger charge is -2.04. The second kappa shape index (κ2) is 10.8. The average Bonchev–Trinajstić information content (AvgIpc) is 2.48. The Morgan fingerprint density at radius 3 is 2.10 bits per heavy atom. The maximum atomic E-state index is 12.1. The van der Waals surface area contributed by atoms with Crippen LogP contribution in [0.4, 0.5) is 0 Å². The van der Waals surface area contributed by atoms with E-state index >= 15 is 0 Å². The third-order valence-electron chi connectivity index (χ3n) is 4.00. The predicted molar refractivity (Wildman–Crippen MR) is 92.4 cm³/mol. The number of carbonyl (C=O) groups excluding carboxylic acids is 1. The molecule has 118 valence electrons. The topological polar surface area (TPSA) is 17.1 Å². The van der Waals surface area contributed by atoms with Crippen LogP contribution in [0.3, 0.4) is 0 Å². The van der Waals surface area contributed by atoms with Crippen molar-refractivity contribution in [3.05, 3.63) is 34.3 Å². The summed E-state index contributed by atoms with van der Waals surface area (Å²) in [7, 11) is 0. The van der Waals surface area contributed by atoms with Crippen molar-refractivity contribution in [1.29, 1.82) is 0 Å². The zero-order valence-electron chi connectivity index (χ0n) is 13.6. The summed E-state index contributed by atoms with van der Waals surface area (Å²) in [5.41, 5.74) is 1.78. The highest BCUT2D eigenvalue weighted by molar-refractivity contribution is 6.31. The number of halogens is 1. The molecule has 0 bridgehead atoms. The Labute approximate surface area is 135 Å². The van der Waals surface area contributed by atoms with E-state index in [-0.39, 0.29) is 5.78 Å². The van der Waals surface area contributed by atoms with Crippen LogP contribution in [-0.4, -0.2) is 5.78 Å². The largest absolute Gasteiger partial charge is 0.294 e. The fourth-order valence-electron chi connectivity index (χ4n) is 2.51. The number of aryl methyl sites for hydroxylation is 1. The van der Waals surface area contributed by atoms with Gasteiger partial charge in [0, 0.05) is 17.0 Å². The summed E-state index contributed by atoms with van der Waals surface area (Å²) in [6, 6.07) is 5.61. The van der Waals surface area contributed by atoms with E-state index in [0.29, 0.717) is 11.4 Å². The number of hydrogen-bond donors (Lipinski definition) is 0. The molecule has 1 nitrogen and oxygen atoms in total. The lowest BCUT2D eigenvalue weighted by Crippen LogP contribution is -1.99. The summed E-state index contributed by atoms with van der Waals surface area (Å²) >= 11 is 6.06. The van der Waals surface area contributed by atoms with Crippen LogP contribution < -0.4 is 0 Å². The predicted octanol–water partition coefficient (Wildman–Crippen LogP) is 6.75. The van der Waals surface area contributed by atoms with Gasteiger partial charge >= 0.3 is 0 Å². The van der Waals surface area contributed by atoms with Crippen molar-refractivity contribution in [1.82, 2.24) is 0 Å². The molecule has 0 fully saturated rings. The third kappa shape index (κ3) is 7.66. The van der Waals surface area contributed by atoms with Crippen molar-refractivity contribution in [2.24, 2.45) is 0 Å². The van der Waals surface area contributed by atoms with Crippen LogP contribution in [0.1, 0.15) is 87.1 Å². The van der Waals surface area contributed by atoms with Gasteiger partial charge in [-0.1, -0.05) is 82.0 Å². The van der Waals surface area contributed by atoms with Gasteiger partial charge in [-0.25, -0.2) is 0 Å². The highest BCUT2D eigenvalue weighted by atomic mass is 35.5. The quantitative estimate of drug-likeness (QED) is 0.326. The zero-order valence-corrected chi connectivity index (χ0v) is 14.3. The Morgan fingerprint density at radius 2 is 1.52 bits per heavy atom. The first kappa shape index (κ1) is 18.2. The normalized spacial score (nSPS) is 10.8. The molecule has 1 aromatic carbocycles. The van der Waals surface area contributed by atoms with Crippen molar-refractivity contribution in [2.75, 3.05) is 0 Å². The first-order valence-corrected chi connectivity index (χ1v) is 8.82. The highest BCUT2D eigenvalue weighted by Gasteiger charge is 2.07. The molecule has 0 aromatic heterocycles. The van der Waals surface area contributed by atoms with Gasteiger partial charge in [-0.15, -0.1) is 0 Å². The maximum Gasteiger partial charge on any atom is 0.162 e. The van der Waals surface area contributed by atoms with Gasteiger partial charge in [0.25, 0.3) is 0 Å². The second-order valence-electron chi connectivity index (χ2n) is 5.97. The van der Waals surface area contributed by atoms with Crippen LogP contribution in [0.15, 0.2) is 18.2 Å². The Kier molecular flexibility index (Phi) is 9.41. The van der Waals surface area contributed by atoms with Gasteiger partial charge in [-0.2, -0.15) is 0 Å². The molecule has 0 aliphatic carbocycles. The van der Waals surface area contributed by atoms with E-state index in [1.807, 2.05) is 19.1 Å². The molecule has 0 aliphatic rings. The first-order valence-electron chi connectivity index (χ1n) is 8.44. The van der Waals surface area contributed by atoms with Gasteiger partial charge in [-0.3, -0.25) is 4.79 Å². The molecule has 2 heteroatoms. The summed E-state index contributed by atoms with van der Waals surface area (Å²) < 4.78 is 0. The lowest BCUT2D eigenvalue weighted by molar-refractivity contribution is 0.0979. The Bertz CT molecular complexity index is 426. The lowest BCUT2D eigenvalue weighted by atomic mass is 10.0. The van der Waals surface area contributed by atoms with Gasteiger partial charge in [0.15, 0.2) is 5.78 Å². The van der Waals surface area contributed by atoms with E-state index < -0.39 is 0 Å². The molecule has 0 aliphatic heterocycles. The van der Waals surface area contributed by atoms with E-state index in [1.165, 1.54) is 51.4 Å². The molecular weight excluding hydrogens is 280 g/mol. The van der Waals surface area contributed by atoms with E-state index in [4.69, 9.17) is 11.6 Å². The Morgan fingerprint density at radius 1 is 0.952 bits per heavy atom. The number of ketones is 1. The maximum absolute atomic E-state index is 12.1. The summed E-state index contributed by atoms with van der Waals surface area (Å²) in [6.45, 7) is 4.20. The van der Waals surface area contributed by atoms with E-state index in [1.54, 1.807) is 6.07 Å². The van der Waals surface area contributed by atoms with Crippen molar-refractivity contribution in [2.45, 2.75) is 78.1 Å². The van der Waals surface area contributed by atoms with Crippen molar-refractivity contribution < 1.29 is 4.79 Å². The highest BCUT2D eigenvalue weighted by Crippen LogP contribution is 2.19. The Hall–Kier alpha value is -0.820. The summed E-state index contributed by atoms with van der Waals surface area (Å²) in [6.07, 6.45) is 12.2.